The van der Waals surface area contributed by atoms with Gasteiger partial charge in [0.15, 0.2) is 23.3 Å². The lowest BCUT2D eigenvalue weighted by atomic mass is 9.79. The molecule has 0 saturated carbocycles. The highest BCUT2D eigenvalue weighted by molar-refractivity contribution is 6.59. The van der Waals surface area contributed by atoms with Gasteiger partial charge in [-0.05, 0) is 81.7 Å². The number of amides is 1. The second kappa shape index (κ2) is 21.2. The molecule has 4 aromatic carbocycles. The first kappa shape index (κ1) is 45.1. The van der Waals surface area contributed by atoms with Gasteiger partial charge in [0, 0.05) is 25.5 Å². The van der Waals surface area contributed by atoms with Gasteiger partial charge in [0.2, 0.25) is 0 Å². The Labute approximate surface area is 334 Å². The predicted octanol–water partition coefficient (Wildman–Crippen LogP) is 1.48. The Bertz CT molecular complexity index is 2540. The molecule has 0 fully saturated rings. The molecule has 0 spiro atoms. The number of nitrogens with one attached hydrogen (secondary N) is 1. The molecule has 0 saturated heterocycles. The van der Waals surface area contributed by atoms with E-state index >= 15 is 0 Å². The van der Waals surface area contributed by atoms with Crippen LogP contribution >= 0.6 is 0 Å². The normalized spacial score (nSPS) is 10.4. The number of carbonyl (C=O) groups is 2. The maximum atomic E-state index is 13.4. The molecule has 0 aliphatic heterocycles. The Balaban J connectivity index is 0.000000219. The SMILES string of the molecule is NCc1cccc(B(O)O)c1.O=C(NCc1cccc(B(O)O)c1)c1cccn(Cc2ccc(F)c(F)c2)c1=O.O=C(O)c1cccn(Cc2ccc(F)c(F)c2)c1=O. The maximum absolute atomic E-state index is 13.4. The molecule has 0 atom stereocenters. The summed E-state index contributed by atoms with van der Waals surface area (Å²) < 4.78 is 54.6. The van der Waals surface area contributed by atoms with Gasteiger partial charge in [-0.3, -0.25) is 14.4 Å². The minimum absolute atomic E-state index is 0.0203. The number of carbonyl (C=O) groups excluding carboxylic acids is 1. The number of aromatic nitrogens is 2. The first-order valence-electron chi connectivity index (χ1n) is 17.5. The van der Waals surface area contributed by atoms with Gasteiger partial charge in [-0.25, -0.2) is 22.4 Å². The third-order valence-electron chi connectivity index (χ3n) is 8.38. The highest BCUT2D eigenvalue weighted by Crippen LogP contribution is 2.11. The Kier molecular flexibility index (Phi) is 16.2. The van der Waals surface area contributed by atoms with Gasteiger partial charge in [0.25, 0.3) is 17.0 Å². The first-order valence-corrected chi connectivity index (χ1v) is 17.5. The molecule has 13 nitrogen and oxygen atoms in total. The lowest BCUT2D eigenvalue weighted by Gasteiger charge is -2.10. The van der Waals surface area contributed by atoms with Crippen molar-refractivity contribution < 1.29 is 52.4 Å². The highest BCUT2D eigenvalue weighted by atomic mass is 19.2. The van der Waals surface area contributed by atoms with E-state index in [-0.39, 0.29) is 36.2 Å². The summed E-state index contributed by atoms with van der Waals surface area (Å²) in [5, 5.41) is 47.3. The van der Waals surface area contributed by atoms with Crippen molar-refractivity contribution in [2.24, 2.45) is 5.73 Å². The van der Waals surface area contributed by atoms with Gasteiger partial charge < -0.3 is 45.4 Å². The number of carboxylic acid groups (broad SMARTS) is 1. The third-order valence-corrected chi connectivity index (χ3v) is 8.38. The number of pyridine rings is 2. The van der Waals surface area contributed by atoms with E-state index < -0.39 is 60.5 Å². The molecule has 0 radical (unpaired) electrons. The van der Waals surface area contributed by atoms with Gasteiger partial charge in [-0.1, -0.05) is 60.7 Å². The summed E-state index contributed by atoms with van der Waals surface area (Å²) in [6.45, 7) is 0.447. The van der Waals surface area contributed by atoms with Crippen molar-refractivity contribution in [2.75, 3.05) is 0 Å². The molecule has 8 N–H and O–H groups in total. The molecule has 2 heterocycles. The molecule has 0 bridgehead atoms. The van der Waals surface area contributed by atoms with Gasteiger partial charge in [-0.15, -0.1) is 0 Å². The number of benzene rings is 4. The fourth-order valence-electron chi connectivity index (χ4n) is 5.35. The molecule has 304 valence electrons. The van der Waals surface area contributed by atoms with Crippen molar-refractivity contribution in [1.82, 2.24) is 14.5 Å². The van der Waals surface area contributed by atoms with E-state index in [4.69, 9.17) is 20.9 Å². The zero-order valence-electron chi connectivity index (χ0n) is 30.9. The topological polar surface area (TPSA) is 217 Å². The molecule has 6 rings (SSSR count). The van der Waals surface area contributed by atoms with Crippen molar-refractivity contribution in [1.29, 1.82) is 0 Å². The van der Waals surface area contributed by atoms with Gasteiger partial charge >= 0.3 is 20.2 Å². The van der Waals surface area contributed by atoms with Crippen LogP contribution in [0.25, 0.3) is 0 Å². The summed E-state index contributed by atoms with van der Waals surface area (Å²) in [5.41, 5.74) is 6.64. The van der Waals surface area contributed by atoms with Crippen LogP contribution < -0.4 is 33.1 Å². The van der Waals surface area contributed by atoms with E-state index in [2.05, 4.69) is 5.32 Å². The number of aromatic carboxylic acids is 1. The molecular formula is C40H36B2F4N4O9. The largest absolute Gasteiger partial charge is 0.488 e. The van der Waals surface area contributed by atoms with E-state index in [1.54, 1.807) is 30.3 Å². The Hall–Kier alpha value is -6.63. The fourth-order valence-corrected chi connectivity index (χ4v) is 5.35. The zero-order valence-corrected chi connectivity index (χ0v) is 30.9. The van der Waals surface area contributed by atoms with Crippen molar-refractivity contribution in [3.05, 3.63) is 199 Å². The average molecular weight is 814 g/mol. The monoisotopic (exact) mass is 814 g/mol. The van der Waals surface area contributed by atoms with E-state index in [9.17, 15) is 46.8 Å². The van der Waals surface area contributed by atoms with Crippen molar-refractivity contribution in [3.63, 3.8) is 0 Å². The van der Waals surface area contributed by atoms with Crippen LogP contribution in [0.15, 0.2) is 131 Å². The molecule has 59 heavy (non-hydrogen) atoms. The molecular weight excluding hydrogens is 778 g/mol. The van der Waals surface area contributed by atoms with Crippen LogP contribution in [0, 0.1) is 23.3 Å². The summed E-state index contributed by atoms with van der Waals surface area (Å²) in [4.78, 5) is 47.6. The van der Waals surface area contributed by atoms with Crippen LogP contribution in [0.5, 0.6) is 0 Å². The number of nitrogens with zero attached hydrogens (tertiary/aromatic N) is 2. The van der Waals surface area contributed by atoms with Crippen molar-refractivity contribution >= 4 is 37.0 Å². The number of hydrogen-bond acceptors (Lipinski definition) is 9. The van der Waals surface area contributed by atoms with E-state index in [1.165, 1.54) is 65.5 Å². The molecule has 19 heteroatoms. The van der Waals surface area contributed by atoms with Crippen LogP contribution in [0.3, 0.4) is 0 Å². The molecule has 0 unspecified atom stereocenters. The lowest BCUT2D eigenvalue weighted by Crippen LogP contribution is -2.33. The van der Waals surface area contributed by atoms with Crippen LogP contribution in [0.2, 0.25) is 0 Å². The maximum Gasteiger partial charge on any atom is 0.488 e. The number of carboxylic acids is 1. The fraction of sp³-hybridized carbons (Fsp3) is 0.100. The van der Waals surface area contributed by atoms with E-state index in [0.717, 1.165) is 34.4 Å². The van der Waals surface area contributed by atoms with E-state index in [0.29, 0.717) is 28.7 Å². The van der Waals surface area contributed by atoms with Crippen LogP contribution in [-0.4, -0.2) is 60.5 Å². The van der Waals surface area contributed by atoms with Gasteiger partial charge in [0.05, 0.1) is 13.1 Å². The number of hydrogen-bond donors (Lipinski definition) is 7. The standard InChI is InChI=1S/C20H17BF2N2O4.C13H9F2NO3.C7H10BNO2/c22-17-7-6-14(10-18(17)23)12-25-8-2-5-16(20(25)27)19(26)24-11-13-3-1-4-15(9-13)21(28)29;14-10-4-3-8(6-11(10)15)7-16-5-1-2-9(12(16)17)13(18)19;9-5-6-2-1-3-7(4-6)8(10)11/h1-10,28-29H,11-12H2,(H,24,26);1-6H,7H2,(H,18,19);1-4,10-11H,5,9H2. The summed E-state index contributed by atoms with van der Waals surface area (Å²) >= 11 is 0. The van der Waals surface area contributed by atoms with Crippen molar-refractivity contribution in [2.45, 2.75) is 26.2 Å². The van der Waals surface area contributed by atoms with Crippen LogP contribution in [0.1, 0.15) is 43.0 Å². The molecule has 0 aliphatic rings. The zero-order chi connectivity index (χ0) is 43.2. The second-order valence-electron chi connectivity index (χ2n) is 12.6. The summed E-state index contributed by atoms with van der Waals surface area (Å²) in [6, 6.07) is 25.3. The quantitative estimate of drug-likeness (QED) is 0.0739. The van der Waals surface area contributed by atoms with E-state index in [1.807, 2.05) is 6.07 Å². The first-order chi connectivity index (χ1) is 28.1. The summed E-state index contributed by atoms with van der Waals surface area (Å²) in [7, 11) is -3.02. The Morgan fingerprint density at radius 3 is 1.49 bits per heavy atom. The highest BCUT2D eigenvalue weighted by Gasteiger charge is 2.15. The molecule has 1 amide bonds. The molecule has 6 aromatic rings. The second-order valence-corrected chi connectivity index (χ2v) is 12.6. The molecule has 0 aliphatic carbocycles. The number of halogens is 4. The average Bonchev–Trinajstić information content (AvgIpc) is 3.21. The summed E-state index contributed by atoms with van der Waals surface area (Å²) in [6.07, 6.45) is 2.84. The minimum Gasteiger partial charge on any atom is -0.477 e. The minimum atomic E-state index is -1.62. The van der Waals surface area contributed by atoms with Gasteiger partial charge in [-0.2, -0.15) is 0 Å². The molecule has 2 aromatic heterocycles. The third kappa shape index (κ3) is 12.9. The smallest absolute Gasteiger partial charge is 0.477 e. The van der Waals surface area contributed by atoms with Crippen molar-refractivity contribution in [3.8, 4) is 0 Å². The Morgan fingerprint density at radius 1 is 0.576 bits per heavy atom. The predicted molar refractivity (Wildman–Crippen MR) is 211 cm³/mol. The Morgan fingerprint density at radius 2 is 1.03 bits per heavy atom. The van der Waals surface area contributed by atoms with Crippen LogP contribution in [-0.2, 0) is 26.2 Å². The number of nitrogens with two attached hydrogens (primary N) is 1. The number of rotatable bonds is 11. The summed E-state index contributed by atoms with van der Waals surface area (Å²) in [5.74, 6) is -5.92. The lowest BCUT2D eigenvalue weighted by molar-refractivity contribution is 0.0693. The van der Waals surface area contributed by atoms with Gasteiger partial charge in [0.1, 0.15) is 11.1 Å². The van der Waals surface area contributed by atoms with Crippen LogP contribution in [0.4, 0.5) is 17.6 Å².